The minimum atomic E-state index is -0.749. The Balaban J connectivity index is 1.14. The summed E-state index contributed by atoms with van der Waals surface area (Å²) in [4.78, 5) is 18.4. The second kappa shape index (κ2) is 11.3. The van der Waals surface area contributed by atoms with Crippen LogP contribution in [-0.4, -0.2) is 45.8 Å². The smallest absolute Gasteiger partial charge is 0.250 e. The number of para-hydroxylation sites is 1. The molecule has 0 fully saturated rings. The molecule has 0 bridgehead atoms. The van der Waals surface area contributed by atoms with E-state index in [1.54, 1.807) is 18.2 Å². The Labute approximate surface area is 230 Å². The van der Waals surface area contributed by atoms with Crippen molar-refractivity contribution in [1.29, 1.82) is 0 Å². The summed E-state index contributed by atoms with van der Waals surface area (Å²) in [6.07, 6.45) is 1.34. The van der Waals surface area contributed by atoms with E-state index in [2.05, 4.69) is 29.1 Å². The fourth-order valence-corrected chi connectivity index (χ4v) is 4.62. The Bertz CT molecular complexity index is 1630. The predicted octanol–water partition coefficient (Wildman–Crippen LogP) is 5.10. The maximum atomic E-state index is 14.2. The van der Waals surface area contributed by atoms with Crippen molar-refractivity contribution in [3.63, 3.8) is 0 Å². The van der Waals surface area contributed by atoms with Crippen molar-refractivity contribution in [2.75, 3.05) is 13.2 Å². The number of nitrogens with two attached hydrogens (primary N) is 1. The highest BCUT2D eigenvalue weighted by Crippen LogP contribution is 2.34. The minimum absolute atomic E-state index is 0.0880. The van der Waals surface area contributed by atoms with E-state index in [4.69, 9.17) is 15.2 Å². The molecular weight excluding hydrogens is 511 g/mol. The first kappa shape index (κ1) is 27.1. The van der Waals surface area contributed by atoms with Crippen LogP contribution in [0, 0.1) is 5.82 Å². The summed E-state index contributed by atoms with van der Waals surface area (Å²) in [5, 5.41) is 15.6. The molecule has 0 aliphatic carbocycles. The summed E-state index contributed by atoms with van der Waals surface area (Å²) in [6, 6.07) is 21.3. The third-order valence-corrected chi connectivity index (χ3v) is 6.63. The van der Waals surface area contributed by atoms with Crippen molar-refractivity contribution in [1.82, 2.24) is 15.3 Å². The zero-order valence-corrected chi connectivity index (χ0v) is 22.3. The quantitative estimate of drug-likeness (QED) is 0.184. The van der Waals surface area contributed by atoms with Gasteiger partial charge in [0.1, 0.15) is 30.0 Å². The van der Waals surface area contributed by atoms with Crippen molar-refractivity contribution >= 4 is 27.7 Å². The molecule has 5 N–H and O–H groups in total. The van der Waals surface area contributed by atoms with Crippen LogP contribution in [0.3, 0.4) is 0 Å². The van der Waals surface area contributed by atoms with Gasteiger partial charge in [-0.25, -0.2) is 9.37 Å². The highest BCUT2D eigenvalue weighted by atomic mass is 19.1. The molecule has 1 atom stereocenters. The number of fused-ring (bicyclic) bond motifs is 3. The molecule has 2 aromatic heterocycles. The lowest BCUT2D eigenvalue weighted by Crippen LogP contribution is -2.46. The van der Waals surface area contributed by atoms with E-state index in [0.717, 1.165) is 21.9 Å². The molecular formula is C31H31FN4O4. The normalized spacial score (nSPS) is 12.5. The molecule has 5 aromatic rings. The summed E-state index contributed by atoms with van der Waals surface area (Å²) in [5.74, 6) is 0.717. The highest BCUT2D eigenvalue weighted by Gasteiger charge is 2.20. The Kier molecular flexibility index (Phi) is 7.68. The molecule has 0 unspecified atom stereocenters. The molecule has 0 saturated heterocycles. The molecule has 3 aromatic carbocycles. The number of nitrogens with one attached hydrogen (secondary N) is 2. The topological polar surface area (TPSA) is 122 Å². The number of pyridine rings is 1. The Morgan fingerprint density at radius 3 is 2.60 bits per heavy atom. The summed E-state index contributed by atoms with van der Waals surface area (Å²) in [5.41, 5.74) is 7.56. The Hall–Kier alpha value is -4.47. The third-order valence-electron chi connectivity index (χ3n) is 6.63. The van der Waals surface area contributed by atoms with Gasteiger partial charge in [0.2, 0.25) is 11.8 Å². The average molecular weight is 543 g/mol. The van der Waals surface area contributed by atoms with Gasteiger partial charge in [0.25, 0.3) is 0 Å². The first-order valence-electron chi connectivity index (χ1n) is 13.0. The number of benzene rings is 3. The monoisotopic (exact) mass is 542 g/mol. The number of carbonyl (C=O) groups is 1. The zero-order chi connectivity index (χ0) is 28.3. The maximum absolute atomic E-state index is 14.2. The van der Waals surface area contributed by atoms with Crippen LogP contribution in [0.5, 0.6) is 17.4 Å². The lowest BCUT2D eigenvalue weighted by molar-refractivity contribution is 0.0995. The van der Waals surface area contributed by atoms with Gasteiger partial charge in [-0.1, -0.05) is 30.3 Å². The molecule has 0 radical (unpaired) electrons. The average Bonchev–Trinajstić information content (AvgIpc) is 3.33. The highest BCUT2D eigenvalue weighted by molar-refractivity contribution is 6.10. The standard InChI is InChI=1S/C31H31FN4O4/c1-31(2,15-19-9-12-22(13-10-19)40-27-14-11-20(16-34-27)30(33)38)35-17-21(37)18-39-26-8-4-7-25-28(26)23-5-3-6-24(32)29(23)36-25/h3-14,16,21,35-37H,15,17-18H2,1-2H3,(H2,33,38)/t21-/m0/s1. The lowest BCUT2D eigenvalue weighted by atomic mass is 9.94. The number of amides is 1. The van der Waals surface area contributed by atoms with Crippen LogP contribution in [0.1, 0.15) is 29.8 Å². The molecule has 0 spiro atoms. The van der Waals surface area contributed by atoms with Gasteiger partial charge in [-0.2, -0.15) is 0 Å². The maximum Gasteiger partial charge on any atom is 0.250 e. The molecule has 9 heteroatoms. The van der Waals surface area contributed by atoms with E-state index in [1.165, 1.54) is 12.3 Å². The molecule has 40 heavy (non-hydrogen) atoms. The van der Waals surface area contributed by atoms with Gasteiger partial charge in [-0.05, 0) is 62.2 Å². The molecule has 1 amide bonds. The number of hydrogen-bond donors (Lipinski definition) is 4. The number of aromatic amines is 1. The van der Waals surface area contributed by atoms with Gasteiger partial charge < -0.3 is 30.6 Å². The van der Waals surface area contributed by atoms with E-state index < -0.39 is 12.0 Å². The number of aromatic nitrogens is 2. The van der Waals surface area contributed by atoms with Crippen LogP contribution >= 0.6 is 0 Å². The van der Waals surface area contributed by atoms with E-state index >= 15 is 0 Å². The number of nitrogens with zero attached hydrogens (tertiary/aromatic N) is 1. The first-order valence-corrected chi connectivity index (χ1v) is 13.0. The SMILES string of the molecule is CC(C)(Cc1ccc(Oc2ccc(C(N)=O)cn2)cc1)NC[C@H](O)COc1cccc2[nH]c3c(F)cccc3c12. The number of β-amino-alcohol motifs (C(OH)–C–C–N with tert-alkyl or cyclic N) is 1. The van der Waals surface area contributed by atoms with Crippen molar-refractivity contribution in [2.24, 2.45) is 5.73 Å². The Morgan fingerprint density at radius 1 is 1.10 bits per heavy atom. The Morgan fingerprint density at radius 2 is 1.88 bits per heavy atom. The number of hydrogen-bond acceptors (Lipinski definition) is 6. The van der Waals surface area contributed by atoms with E-state index in [1.807, 2.05) is 48.5 Å². The van der Waals surface area contributed by atoms with E-state index in [9.17, 15) is 14.3 Å². The van der Waals surface area contributed by atoms with Crippen LogP contribution < -0.4 is 20.5 Å². The van der Waals surface area contributed by atoms with E-state index in [0.29, 0.717) is 41.4 Å². The molecule has 206 valence electrons. The van der Waals surface area contributed by atoms with Gasteiger partial charge in [0.15, 0.2) is 0 Å². The van der Waals surface area contributed by atoms with Crippen molar-refractivity contribution < 1.29 is 23.8 Å². The van der Waals surface area contributed by atoms with Crippen molar-refractivity contribution in [3.8, 4) is 17.4 Å². The predicted molar refractivity (Wildman–Crippen MR) is 152 cm³/mol. The number of carbonyl (C=O) groups excluding carboxylic acids is 1. The lowest BCUT2D eigenvalue weighted by Gasteiger charge is -2.28. The van der Waals surface area contributed by atoms with Crippen LogP contribution in [0.25, 0.3) is 21.8 Å². The molecule has 8 nitrogen and oxygen atoms in total. The van der Waals surface area contributed by atoms with Crippen molar-refractivity contribution in [3.05, 3.63) is 95.9 Å². The number of ether oxygens (including phenoxy) is 2. The van der Waals surface area contributed by atoms with Gasteiger partial charge in [-0.3, -0.25) is 4.79 Å². The summed E-state index contributed by atoms with van der Waals surface area (Å²) in [6.45, 7) is 4.55. The van der Waals surface area contributed by atoms with Crippen LogP contribution in [-0.2, 0) is 6.42 Å². The number of aliphatic hydroxyl groups excluding tert-OH is 1. The van der Waals surface area contributed by atoms with Crippen LogP contribution in [0.15, 0.2) is 79.0 Å². The summed E-state index contributed by atoms with van der Waals surface area (Å²) in [7, 11) is 0. The van der Waals surface area contributed by atoms with Gasteiger partial charge in [-0.15, -0.1) is 0 Å². The second-order valence-corrected chi connectivity index (χ2v) is 10.4. The summed E-state index contributed by atoms with van der Waals surface area (Å²) < 4.78 is 26.0. The van der Waals surface area contributed by atoms with Gasteiger partial charge >= 0.3 is 0 Å². The van der Waals surface area contributed by atoms with E-state index in [-0.39, 0.29) is 18.0 Å². The fraction of sp³-hybridized carbons (Fsp3) is 0.226. The molecule has 0 aliphatic heterocycles. The number of halogens is 1. The number of rotatable bonds is 11. The number of primary amides is 1. The summed E-state index contributed by atoms with van der Waals surface area (Å²) >= 11 is 0. The third kappa shape index (κ3) is 6.22. The number of aliphatic hydroxyl groups is 1. The van der Waals surface area contributed by atoms with Gasteiger partial charge in [0.05, 0.1) is 16.6 Å². The first-order chi connectivity index (χ1) is 19.2. The largest absolute Gasteiger partial charge is 0.490 e. The minimum Gasteiger partial charge on any atom is -0.490 e. The molecule has 2 heterocycles. The second-order valence-electron chi connectivity index (χ2n) is 10.4. The fourth-order valence-electron chi connectivity index (χ4n) is 4.62. The molecule has 5 rings (SSSR count). The van der Waals surface area contributed by atoms with Crippen LogP contribution in [0.2, 0.25) is 0 Å². The zero-order valence-electron chi connectivity index (χ0n) is 22.3. The van der Waals surface area contributed by atoms with Crippen LogP contribution in [0.4, 0.5) is 4.39 Å². The molecule has 0 aliphatic rings. The van der Waals surface area contributed by atoms with Gasteiger partial charge in [0, 0.05) is 35.1 Å². The number of H-pyrrole nitrogens is 1. The van der Waals surface area contributed by atoms with Crippen molar-refractivity contribution in [2.45, 2.75) is 31.9 Å². The molecule has 0 saturated carbocycles.